The predicted molar refractivity (Wildman–Crippen MR) is 86.5 cm³/mol. The zero-order chi connectivity index (χ0) is 14.7. The van der Waals surface area contributed by atoms with Crippen molar-refractivity contribution in [1.82, 2.24) is 10.2 Å². The first kappa shape index (κ1) is 16.9. The van der Waals surface area contributed by atoms with Gasteiger partial charge in [-0.25, -0.2) is 0 Å². The predicted octanol–water partition coefficient (Wildman–Crippen LogP) is 2.19. The Hall–Kier alpha value is -1.46. The van der Waals surface area contributed by atoms with Gasteiger partial charge in [-0.2, -0.15) is 0 Å². The zero-order valence-corrected chi connectivity index (χ0v) is 13.7. The molecular weight excluding hydrogens is 304 g/mol. The first-order valence-electron chi connectivity index (χ1n) is 7.66. The lowest BCUT2D eigenvalue weighted by molar-refractivity contribution is -0.136. The maximum absolute atomic E-state index is 12.6. The van der Waals surface area contributed by atoms with Gasteiger partial charge in [-0.3, -0.25) is 4.79 Å². The van der Waals surface area contributed by atoms with Crippen molar-refractivity contribution in [2.24, 2.45) is 5.92 Å². The fraction of sp³-hybridized carbons (Fsp3) is 0.562. The Labute approximate surface area is 137 Å². The first-order chi connectivity index (χ1) is 10.3. The van der Waals surface area contributed by atoms with Crippen molar-refractivity contribution in [1.29, 1.82) is 0 Å². The summed E-state index contributed by atoms with van der Waals surface area (Å²) >= 11 is 0. The molecule has 1 atom stereocenters. The topological polar surface area (TPSA) is 50.8 Å². The standard InChI is InChI=1S/C16H22N2O3.ClH/c1-2-18(16(19)13-4-3-7-17-9-13)10-12-5-6-14-15(8-12)21-11-20-14;/h5-6,8,13,17H,2-4,7,9-11H2,1H3;1H. The molecule has 0 aromatic heterocycles. The van der Waals surface area contributed by atoms with Crippen LogP contribution in [0, 0.1) is 5.92 Å². The molecule has 1 saturated heterocycles. The number of ether oxygens (including phenoxy) is 2. The number of fused-ring (bicyclic) bond motifs is 1. The SMILES string of the molecule is CCN(Cc1ccc2c(c1)OCO2)C(=O)C1CCCNC1.Cl. The van der Waals surface area contributed by atoms with Crippen molar-refractivity contribution in [2.75, 3.05) is 26.4 Å². The third-order valence-electron chi connectivity index (χ3n) is 4.15. The van der Waals surface area contributed by atoms with E-state index in [1.165, 1.54) is 0 Å². The number of halogens is 1. The third-order valence-corrected chi connectivity index (χ3v) is 4.15. The lowest BCUT2D eigenvalue weighted by Gasteiger charge is -2.29. The van der Waals surface area contributed by atoms with Crippen molar-refractivity contribution in [3.8, 4) is 11.5 Å². The number of nitrogens with zero attached hydrogens (tertiary/aromatic N) is 1. The van der Waals surface area contributed by atoms with Crippen LogP contribution in [0.15, 0.2) is 18.2 Å². The fourth-order valence-corrected chi connectivity index (χ4v) is 2.93. The van der Waals surface area contributed by atoms with Crippen LogP contribution in [0.25, 0.3) is 0 Å². The lowest BCUT2D eigenvalue weighted by atomic mass is 9.98. The van der Waals surface area contributed by atoms with E-state index in [4.69, 9.17) is 9.47 Å². The van der Waals surface area contributed by atoms with E-state index in [9.17, 15) is 4.79 Å². The van der Waals surface area contributed by atoms with Gasteiger partial charge in [0.1, 0.15) is 0 Å². The van der Waals surface area contributed by atoms with E-state index in [1.807, 2.05) is 30.0 Å². The summed E-state index contributed by atoms with van der Waals surface area (Å²) < 4.78 is 10.7. The normalized spacial score (nSPS) is 19.4. The summed E-state index contributed by atoms with van der Waals surface area (Å²) in [4.78, 5) is 14.5. The summed E-state index contributed by atoms with van der Waals surface area (Å²) in [5.74, 6) is 1.93. The number of hydrogen-bond donors (Lipinski definition) is 1. The quantitative estimate of drug-likeness (QED) is 0.921. The molecule has 6 heteroatoms. The van der Waals surface area contributed by atoms with E-state index in [0.29, 0.717) is 6.54 Å². The highest BCUT2D eigenvalue weighted by Gasteiger charge is 2.25. The number of carbonyl (C=O) groups is 1. The average Bonchev–Trinajstić information content (AvgIpc) is 3.00. The van der Waals surface area contributed by atoms with Crippen LogP contribution in [-0.4, -0.2) is 37.2 Å². The number of nitrogens with one attached hydrogen (secondary N) is 1. The molecule has 1 amide bonds. The monoisotopic (exact) mass is 326 g/mol. The minimum atomic E-state index is 0. The maximum Gasteiger partial charge on any atom is 0.231 e. The minimum Gasteiger partial charge on any atom is -0.454 e. The molecule has 2 heterocycles. The molecule has 0 radical (unpaired) electrons. The largest absolute Gasteiger partial charge is 0.454 e. The van der Waals surface area contributed by atoms with E-state index < -0.39 is 0 Å². The molecule has 2 aliphatic rings. The molecule has 1 aromatic carbocycles. The van der Waals surface area contributed by atoms with Crippen LogP contribution in [0.4, 0.5) is 0 Å². The van der Waals surface area contributed by atoms with E-state index in [0.717, 1.165) is 49.5 Å². The summed E-state index contributed by atoms with van der Waals surface area (Å²) in [6.07, 6.45) is 2.07. The molecule has 122 valence electrons. The van der Waals surface area contributed by atoms with Crippen molar-refractivity contribution in [2.45, 2.75) is 26.3 Å². The van der Waals surface area contributed by atoms with Crippen LogP contribution in [0.1, 0.15) is 25.3 Å². The second kappa shape index (κ2) is 7.70. The Kier molecular flexibility index (Phi) is 5.91. The van der Waals surface area contributed by atoms with E-state index in [-0.39, 0.29) is 31.0 Å². The molecule has 0 saturated carbocycles. The second-order valence-electron chi connectivity index (χ2n) is 5.58. The van der Waals surface area contributed by atoms with Crippen LogP contribution in [0.2, 0.25) is 0 Å². The molecular formula is C16H23ClN2O3. The van der Waals surface area contributed by atoms with Gasteiger partial charge in [0, 0.05) is 19.6 Å². The van der Waals surface area contributed by atoms with Crippen molar-refractivity contribution in [3.63, 3.8) is 0 Å². The first-order valence-corrected chi connectivity index (χ1v) is 7.66. The fourth-order valence-electron chi connectivity index (χ4n) is 2.93. The van der Waals surface area contributed by atoms with E-state index >= 15 is 0 Å². The summed E-state index contributed by atoms with van der Waals surface area (Å²) in [7, 11) is 0. The van der Waals surface area contributed by atoms with Gasteiger partial charge in [-0.15, -0.1) is 12.4 Å². The minimum absolute atomic E-state index is 0. The molecule has 1 fully saturated rings. The van der Waals surface area contributed by atoms with Gasteiger partial charge in [0.05, 0.1) is 5.92 Å². The Bertz CT molecular complexity index is 518. The molecule has 1 aromatic rings. The molecule has 2 aliphatic heterocycles. The Morgan fingerprint density at radius 1 is 1.36 bits per heavy atom. The molecule has 0 aliphatic carbocycles. The summed E-state index contributed by atoms with van der Waals surface area (Å²) in [6.45, 7) is 5.49. The smallest absolute Gasteiger partial charge is 0.231 e. The number of piperidine rings is 1. The van der Waals surface area contributed by atoms with Crippen LogP contribution in [0.3, 0.4) is 0 Å². The third kappa shape index (κ3) is 3.65. The van der Waals surface area contributed by atoms with Crippen LogP contribution in [0.5, 0.6) is 11.5 Å². The lowest BCUT2D eigenvalue weighted by Crippen LogP contribution is -2.42. The van der Waals surface area contributed by atoms with Gasteiger partial charge in [0.2, 0.25) is 12.7 Å². The summed E-state index contributed by atoms with van der Waals surface area (Å²) in [5, 5.41) is 3.31. The van der Waals surface area contributed by atoms with Crippen LogP contribution >= 0.6 is 12.4 Å². The average molecular weight is 327 g/mol. The maximum atomic E-state index is 12.6. The van der Waals surface area contributed by atoms with Crippen LogP contribution in [-0.2, 0) is 11.3 Å². The zero-order valence-electron chi connectivity index (χ0n) is 12.8. The highest BCUT2D eigenvalue weighted by atomic mass is 35.5. The van der Waals surface area contributed by atoms with Gasteiger partial charge in [-0.05, 0) is 44.0 Å². The molecule has 5 nitrogen and oxygen atoms in total. The van der Waals surface area contributed by atoms with Gasteiger partial charge in [-0.1, -0.05) is 6.07 Å². The van der Waals surface area contributed by atoms with Crippen molar-refractivity contribution in [3.05, 3.63) is 23.8 Å². The highest BCUT2D eigenvalue weighted by molar-refractivity contribution is 5.85. The number of benzene rings is 1. The van der Waals surface area contributed by atoms with Gasteiger partial charge < -0.3 is 19.7 Å². The number of carbonyl (C=O) groups excluding carboxylic acids is 1. The molecule has 0 spiro atoms. The number of amides is 1. The number of hydrogen-bond acceptors (Lipinski definition) is 4. The van der Waals surface area contributed by atoms with Crippen molar-refractivity contribution >= 4 is 18.3 Å². The van der Waals surface area contributed by atoms with Gasteiger partial charge >= 0.3 is 0 Å². The summed E-state index contributed by atoms with van der Waals surface area (Å²) in [5.41, 5.74) is 1.08. The highest BCUT2D eigenvalue weighted by Crippen LogP contribution is 2.32. The number of rotatable bonds is 4. The van der Waals surface area contributed by atoms with Crippen LogP contribution < -0.4 is 14.8 Å². The molecule has 22 heavy (non-hydrogen) atoms. The van der Waals surface area contributed by atoms with Gasteiger partial charge in [0.15, 0.2) is 11.5 Å². The Morgan fingerprint density at radius 2 is 2.18 bits per heavy atom. The Balaban J connectivity index is 0.00000176. The van der Waals surface area contributed by atoms with E-state index in [2.05, 4.69) is 5.32 Å². The van der Waals surface area contributed by atoms with E-state index in [1.54, 1.807) is 0 Å². The van der Waals surface area contributed by atoms with Crippen molar-refractivity contribution < 1.29 is 14.3 Å². The molecule has 3 rings (SSSR count). The molecule has 1 N–H and O–H groups in total. The summed E-state index contributed by atoms with van der Waals surface area (Å²) in [6, 6.07) is 5.89. The van der Waals surface area contributed by atoms with Gasteiger partial charge in [0.25, 0.3) is 0 Å². The Morgan fingerprint density at radius 3 is 2.91 bits per heavy atom. The molecule has 1 unspecified atom stereocenters. The molecule has 0 bridgehead atoms. The second-order valence-corrected chi connectivity index (χ2v) is 5.58.